The Balaban J connectivity index is 1.71. The molecular weight excluding hydrogens is 484 g/mol. The van der Waals surface area contributed by atoms with Gasteiger partial charge in [-0.15, -0.1) is 0 Å². The zero-order chi connectivity index (χ0) is 23.0. The van der Waals surface area contributed by atoms with Crippen LogP contribution in [0, 0.1) is 6.92 Å². The first-order chi connectivity index (χ1) is 16.6. The minimum atomic E-state index is 0.867. The molecule has 164 valence electrons. The van der Waals surface area contributed by atoms with Crippen LogP contribution in [-0.2, 0) is 6.54 Å². The second-order valence-corrected chi connectivity index (χ2v) is 9.80. The molecule has 7 aromatic rings. The highest BCUT2D eigenvalue weighted by atomic mass is 79.9. The Kier molecular flexibility index (Phi) is 4.15. The highest BCUT2D eigenvalue weighted by Crippen LogP contribution is 2.37. The zero-order valence-electron chi connectivity index (χ0n) is 18.9. The van der Waals surface area contributed by atoms with Gasteiger partial charge in [-0.3, -0.25) is 4.40 Å². The molecule has 5 heteroatoms. The van der Waals surface area contributed by atoms with Gasteiger partial charge in [0.25, 0.3) is 0 Å². The Morgan fingerprint density at radius 3 is 2.47 bits per heavy atom. The van der Waals surface area contributed by atoms with Crippen molar-refractivity contribution < 1.29 is 0 Å². The molecule has 0 saturated carbocycles. The number of rotatable bonds is 2. The highest BCUT2D eigenvalue weighted by molar-refractivity contribution is 9.10. The molecule has 0 N–H and O–H groups in total. The van der Waals surface area contributed by atoms with E-state index >= 15 is 0 Å². The second kappa shape index (κ2) is 7.15. The molecule has 0 saturated heterocycles. The number of imidazole rings is 1. The van der Waals surface area contributed by atoms with E-state index in [0.29, 0.717) is 0 Å². The van der Waals surface area contributed by atoms with Crippen LogP contribution < -0.4 is 0 Å². The average Bonchev–Trinajstić information content (AvgIpc) is 3.37. The van der Waals surface area contributed by atoms with Crippen LogP contribution in [0.4, 0.5) is 0 Å². The standard InChI is InChI=1S/C29H21BrN4/c1-3-33-25-10-9-17(2)11-22(25)23-15-21-19(13-27(23)33)12-26(18-7-5-4-6-8-18)34-28(21)32-24-14-20(30)16-31-29(24)34/h4-16H,3H2,1-2H3. The summed E-state index contributed by atoms with van der Waals surface area (Å²) in [5.74, 6) is 0. The molecule has 4 heterocycles. The number of fused-ring (bicyclic) bond motifs is 8. The predicted molar refractivity (Wildman–Crippen MR) is 145 cm³/mol. The number of halogens is 1. The maximum Gasteiger partial charge on any atom is 0.165 e. The topological polar surface area (TPSA) is 35.1 Å². The van der Waals surface area contributed by atoms with Crippen LogP contribution in [0.5, 0.6) is 0 Å². The molecule has 0 aliphatic heterocycles. The fourth-order valence-corrected chi connectivity index (χ4v) is 5.63. The Morgan fingerprint density at radius 1 is 0.824 bits per heavy atom. The molecule has 0 aliphatic rings. The van der Waals surface area contributed by atoms with Crippen molar-refractivity contribution in [1.29, 1.82) is 0 Å². The summed E-state index contributed by atoms with van der Waals surface area (Å²) >= 11 is 3.57. The number of hydrogen-bond acceptors (Lipinski definition) is 2. The van der Waals surface area contributed by atoms with Gasteiger partial charge in [0.1, 0.15) is 11.2 Å². The third kappa shape index (κ3) is 2.71. The number of nitrogens with zero attached hydrogens (tertiary/aromatic N) is 4. The molecule has 0 atom stereocenters. The van der Waals surface area contributed by atoms with Gasteiger partial charge < -0.3 is 4.57 Å². The largest absolute Gasteiger partial charge is 0.341 e. The van der Waals surface area contributed by atoms with E-state index in [1.54, 1.807) is 0 Å². The SMILES string of the molecule is CCn1c2ccc(C)cc2c2cc3c(cc(-c4ccccc4)n4c5ncc(Br)cc5nc34)cc21. The maximum absolute atomic E-state index is 5.09. The van der Waals surface area contributed by atoms with Crippen LogP contribution in [0.2, 0.25) is 0 Å². The maximum atomic E-state index is 5.09. The van der Waals surface area contributed by atoms with E-state index in [1.165, 1.54) is 32.8 Å². The van der Waals surface area contributed by atoms with Gasteiger partial charge in [0.2, 0.25) is 0 Å². The summed E-state index contributed by atoms with van der Waals surface area (Å²) in [6, 6.07) is 26.2. The van der Waals surface area contributed by atoms with E-state index < -0.39 is 0 Å². The Morgan fingerprint density at radius 2 is 1.65 bits per heavy atom. The molecule has 0 radical (unpaired) electrons. The van der Waals surface area contributed by atoms with Gasteiger partial charge in [0.05, 0.1) is 5.69 Å². The quantitative estimate of drug-likeness (QED) is 0.239. The molecule has 7 rings (SSSR count). The first-order valence-corrected chi connectivity index (χ1v) is 12.3. The molecule has 0 unspecified atom stereocenters. The van der Waals surface area contributed by atoms with Gasteiger partial charge in [0, 0.05) is 44.4 Å². The van der Waals surface area contributed by atoms with E-state index in [-0.39, 0.29) is 0 Å². The molecule has 0 fully saturated rings. The number of pyridine rings is 2. The second-order valence-electron chi connectivity index (χ2n) is 8.88. The van der Waals surface area contributed by atoms with E-state index in [1.807, 2.05) is 18.3 Å². The smallest absolute Gasteiger partial charge is 0.165 e. The summed E-state index contributed by atoms with van der Waals surface area (Å²) in [5.41, 5.74) is 8.72. The monoisotopic (exact) mass is 504 g/mol. The first-order valence-electron chi connectivity index (χ1n) is 11.5. The molecule has 0 spiro atoms. The first kappa shape index (κ1) is 19.7. The fraction of sp³-hybridized carbons (Fsp3) is 0.103. The highest BCUT2D eigenvalue weighted by Gasteiger charge is 2.18. The van der Waals surface area contributed by atoms with Gasteiger partial charge in [-0.2, -0.15) is 0 Å². The van der Waals surface area contributed by atoms with E-state index in [4.69, 9.17) is 9.97 Å². The summed E-state index contributed by atoms with van der Waals surface area (Å²) in [6.45, 7) is 5.30. The third-order valence-corrected chi connectivity index (χ3v) is 7.25. The van der Waals surface area contributed by atoms with Gasteiger partial charge in [-0.05, 0) is 77.1 Å². The normalized spacial score (nSPS) is 12.1. The van der Waals surface area contributed by atoms with Gasteiger partial charge in [-0.1, -0.05) is 42.0 Å². The van der Waals surface area contributed by atoms with Crippen molar-refractivity contribution in [2.45, 2.75) is 20.4 Å². The van der Waals surface area contributed by atoms with Crippen LogP contribution in [-0.4, -0.2) is 18.9 Å². The summed E-state index contributed by atoms with van der Waals surface area (Å²) in [4.78, 5) is 9.84. The number of aryl methyl sites for hydroxylation is 2. The van der Waals surface area contributed by atoms with Crippen molar-refractivity contribution in [1.82, 2.24) is 18.9 Å². The summed E-state index contributed by atoms with van der Waals surface area (Å²) in [5, 5.41) is 4.88. The lowest BCUT2D eigenvalue weighted by molar-refractivity contribution is 0.827. The van der Waals surface area contributed by atoms with E-state index in [0.717, 1.165) is 44.5 Å². The van der Waals surface area contributed by atoms with Crippen LogP contribution in [0.1, 0.15) is 12.5 Å². The predicted octanol–water partition coefficient (Wildman–Crippen LogP) is 7.90. The Bertz CT molecular complexity index is 1910. The third-order valence-electron chi connectivity index (χ3n) is 6.82. The lowest BCUT2D eigenvalue weighted by Gasteiger charge is -2.11. The van der Waals surface area contributed by atoms with Crippen molar-refractivity contribution in [3.05, 3.63) is 89.0 Å². The summed E-state index contributed by atoms with van der Waals surface area (Å²) in [7, 11) is 0. The van der Waals surface area contributed by atoms with Crippen LogP contribution >= 0.6 is 15.9 Å². The molecular formula is C29H21BrN4. The average molecular weight is 505 g/mol. The van der Waals surface area contributed by atoms with E-state index in [9.17, 15) is 0 Å². The summed E-state index contributed by atoms with van der Waals surface area (Å²) < 4.78 is 5.55. The zero-order valence-corrected chi connectivity index (χ0v) is 20.5. The van der Waals surface area contributed by atoms with Gasteiger partial charge in [-0.25, -0.2) is 9.97 Å². The number of hydrogen-bond donors (Lipinski definition) is 0. The minimum Gasteiger partial charge on any atom is -0.341 e. The summed E-state index contributed by atoms with van der Waals surface area (Å²) in [6.07, 6.45) is 1.84. The molecule has 0 bridgehead atoms. The fourth-order valence-electron chi connectivity index (χ4n) is 5.31. The lowest BCUT2D eigenvalue weighted by atomic mass is 10.0. The molecule has 4 nitrogen and oxygen atoms in total. The number of aromatic nitrogens is 4. The molecule has 0 amide bonds. The van der Waals surface area contributed by atoms with E-state index in [2.05, 4.69) is 99.4 Å². The van der Waals surface area contributed by atoms with Crippen molar-refractivity contribution in [3.63, 3.8) is 0 Å². The molecule has 0 aliphatic carbocycles. The lowest BCUT2D eigenvalue weighted by Crippen LogP contribution is -1.96. The van der Waals surface area contributed by atoms with Crippen LogP contribution in [0.25, 0.3) is 60.6 Å². The van der Waals surface area contributed by atoms with Crippen LogP contribution in [0.15, 0.2) is 83.5 Å². The van der Waals surface area contributed by atoms with Gasteiger partial charge >= 0.3 is 0 Å². The Labute approximate surface area is 204 Å². The molecule has 3 aromatic carbocycles. The molecule has 4 aromatic heterocycles. The van der Waals surface area contributed by atoms with Crippen molar-refractivity contribution in [3.8, 4) is 11.3 Å². The van der Waals surface area contributed by atoms with Crippen molar-refractivity contribution in [2.75, 3.05) is 0 Å². The van der Waals surface area contributed by atoms with Crippen molar-refractivity contribution >= 4 is 65.3 Å². The molecule has 34 heavy (non-hydrogen) atoms. The van der Waals surface area contributed by atoms with Crippen LogP contribution in [0.3, 0.4) is 0 Å². The minimum absolute atomic E-state index is 0.867. The number of benzene rings is 3. The Hall–Kier alpha value is -3.70. The van der Waals surface area contributed by atoms with Gasteiger partial charge in [0.15, 0.2) is 5.65 Å². The van der Waals surface area contributed by atoms with Crippen molar-refractivity contribution in [2.24, 2.45) is 0 Å².